The van der Waals surface area contributed by atoms with Gasteiger partial charge in [0.25, 0.3) is 5.69 Å². The van der Waals surface area contributed by atoms with E-state index in [1.807, 2.05) is 18.2 Å². The van der Waals surface area contributed by atoms with Gasteiger partial charge in [-0.05, 0) is 30.0 Å². The van der Waals surface area contributed by atoms with Crippen LogP contribution in [0.2, 0.25) is 0 Å². The van der Waals surface area contributed by atoms with Crippen LogP contribution < -0.4 is 10.1 Å². The summed E-state index contributed by atoms with van der Waals surface area (Å²) >= 11 is 0. The molecule has 7 heteroatoms. The van der Waals surface area contributed by atoms with Gasteiger partial charge >= 0.3 is 5.97 Å². The van der Waals surface area contributed by atoms with E-state index < -0.39 is 10.9 Å². The van der Waals surface area contributed by atoms with Crippen LogP contribution in [0.1, 0.15) is 27.2 Å². The summed E-state index contributed by atoms with van der Waals surface area (Å²) in [6, 6.07) is 13.4. The molecule has 0 unspecified atom stereocenters. The van der Waals surface area contributed by atoms with Crippen LogP contribution in [0, 0.1) is 15.5 Å². The average molecular weight is 398 g/mol. The molecule has 2 aromatic rings. The topological polar surface area (TPSA) is 90.7 Å². The third-order valence-electron chi connectivity index (χ3n) is 3.98. The maximum absolute atomic E-state index is 11.5. The normalized spacial score (nSPS) is 12.4. The number of nitro benzene ring substituents is 1. The molecule has 0 heterocycles. The second kappa shape index (κ2) is 9.73. The first-order valence-electron chi connectivity index (χ1n) is 9.22. The first-order valence-corrected chi connectivity index (χ1v) is 9.22. The summed E-state index contributed by atoms with van der Waals surface area (Å²) in [7, 11) is 1.30. The predicted octanol–water partition coefficient (Wildman–Crippen LogP) is 5.33. The number of anilines is 1. The quantitative estimate of drug-likeness (QED) is 0.280. The molecule has 154 valence electrons. The zero-order chi connectivity index (χ0) is 21.4. The highest BCUT2D eigenvalue weighted by atomic mass is 16.6. The van der Waals surface area contributed by atoms with Gasteiger partial charge in [0.05, 0.1) is 12.0 Å². The number of rotatable bonds is 8. The van der Waals surface area contributed by atoms with Crippen LogP contribution in [0.4, 0.5) is 11.4 Å². The SMILES string of the molecule is COC(=O)/C=C/[C@@H](CC(C)(C)C)Nc1cc(Oc2ccccc2)ccc1[N+](=O)[O-]. The van der Waals surface area contributed by atoms with Crippen LogP contribution in [-0.4, -0.2) is 24.0 Å². The Labute approximate surface area is 170 Å². The predicted molar refractivity (Wildman–Crippen MR) is 112 cm³/mol. The second-order valence-corrected chi connectivity index (χ2v) is 7.75. The number of nitro groups is 1. The standard InChI is InChI=1S/C22H26N2O5/c1-22(2,3)15-16(10-13-21(25)28-4)23-19-14-18(11-12-20(19)24(26)27)29-17-8-6-5-7-9-17/h5-14,16,23H,15H2,1-4H3/b13-10+/t16-/m0/s1. The highest BCUT2D eigenvalue weighted by Gasteiger charge is 2.21. The number of carbonyl (C=O) groups excluding carboxylic acids is 1. The van der Waals surface area contributed by atoms with E-state index in [0.29, 0.717) is 23.6 Å². The molecule has 0 fully saturated rings. The Morgan fingerprint density at radius 2 is 1.86 bits per heavy atom. The van der Waals surface area contributed by atoms with Crippen LogP contribution in [0.5, 0.6) is 11.5 Å². The summed E-state index contributed by atoms with van der Waals surface area (Å²) in [5, 5.41) is 14.7. The number of ether oxygens (including phenoxy) is 2. The second-order valence-electron chi connectivity index (χ2n) is 7.75. The molecule has 0 aromatic heterocycles. The largest absolute Gasteiger partial charge is 0.466 e. The zero-order valence-corrected chi connectivity index (χ0v) is 17.0. The molecule has 29 heavy (non-hydrogen) atoms. The van der Waals surface area contributed by atoms with E-state index in [4.69, 9.17) is 4.74 Å². The lowest BCUT2D eigenvalue weighted by Gasteiger charge is -2.25. The van der Waals surface area contributed by atoms with Crippen molar-refractivity contribution >= 4 is 17.3 Å². The van der Waals surface area contributed by atoms with Crippen molar-refractivity contribution < 1.29 is 19.2 Å². The van der Waals surface area contributed by atoms with Gasteiger partial charge in [-0.25, -0.2) is 4.79 Å². The number of carbonyl (C=O) groups is 1. The van der Waals surface area contributed by atoms with E-state index in [9.17, 15) is 14.9 Å². The maximum atomic E-state index is 11.5. The summed E-state index contributed by atoms with van der Waals surface area (Å²) in [5.74, 6) is 0.612. The Hall–Kier alpha value is -3.35. The minimum Gasteiger partial charge on any atom is -0.466 e. The lowest BCUT2D eigenvalue weighted by molar-refractivity contribution is -0.384. The Kier molecular flexibility index (Phi) is 7.36. The van der Waals surface area contributed by atoms with Crippen molar-refractivity contribution in [2.75, 3.05) is 12.4 Å². The Bertz CT molecular complexity index is 873. The van der Waals surface area contributed by atoms with Gasteiger partial charge < -0.3 is 14.8 Å². The zero-order valence-electron chi connectivity index (χ0n) is 17.0. The van der Waals surface area contributed by atoms with E-state index in [1.54, 1.807) is 30.3 Å². The first-order chi connectivity index (χ1) is 13.7. The van der Waals surface area contributed by atoms with Crippen molar-refractivity contribution in [3.05, 3.63) is 70.8 Å². The van der Waals surface area contributed by atoms with E-state index in [2.05, 4.69) is 30.8 Å². The molecule has 1 N–H and O–H groups in total. The highest BCUT2D eigenvalue weighted by Crippen LogP contribution is 2.33. The number of benzene rings is 2. The number of hydrogen-bond donors (Lipinski definition) is 1. The third kappa shape index (κ3) is 7.29. The fraction of sp³-hybridized carbons (Fsp3) is 0.318. The molecule has 0 saturated carbocycles. The summed E-state index contributed by atoms with van der Waals surface area (Å²) in [5.41, 5.74) is 0.161. The lowest BCUT2D eigenvalue weighted by atomic mass is 9.88. The number of methoxy groups -OCH3 is 1. The molecule has 0 aliphatic heterocycles. The van der Waals surface area contributed by atoms with Crippen LogP contribution in [0.15, 0.2) is 60.7 Å². The van der Waals surface area contributed by atoms with Gasteiger partial charge in [0.2, 0.25) is 0 Å². The molecule has 0 amide bonds. The number of nitrogens with zero attached hydrogens (tertiary/aromatic N) is 1. The van der Waals surface area contributed by atoms with Crippen molar-refractivity contribution in [3.8, 4) is 11.5 Å². The molecule has 0 radical (unpaired) electrons. The van der Waals surface area contributed by atoms with Crippen LogP contribution in [-0.2, 0) is 9.53 Å². The minimum atomic E-state index is -0.485. The Morgan fingerprint density at radius 3 is 2.45 bits per heavy atom. The van der Waals surface area contributed by atoms with Crippen molar-refractivity contribution in [2.45, 2.75) is 33.2 Å². The van der Waals surface area contributed by atoms with Gasteiger partial charge in [0, 0.05) is 24.3 Å². The molecule has 2 aromatic carbocycles. The van der Waals surface area contributed by atoms with Crippen LogP contribution in [0.3, 0.4) is 0 Å². The van der Waals surface area contributed by atoms with Gasteiger partial charge in [-0.2, -0.15) is 0 Å². The molecular formula is C22H26N2O5. The van der Waals surface area contributed by atoms with E-state index in [1.165, 1.54) is 19.3 Å². The third-order valence-corrected chi connectivity index (χ3v) is 3.98. The molecular weight excluding hydrogens is 372 g/mol. The van der Waals surface area contributed by atoms with Gasteiger partial charge in [-0.15, -0.1) is 0 Å². The molecule has 0 saturated heterocycles. The smallest absolute Gasteiger partial charge is 0.330 e. The molecule has 7 nitrogen and oxygen atoms in total. The Morgan fingerprint density at radius 1 is 1.17 bits per heavy atom. The lowest BCUT2D eigenvalue weighted by Crippen LogP contribution is -2.24. The molecule has 0 spiro atoms. The number of para-hydroxylation sites is 1. The van der Waals surface area contributed by atoms with Crippen molar-refractivity contribution in [2.24, 2.45) is 5.41 Å². The Balaban J connectivity index is 2.33. The van der Waals surface area contributed by atoms with Gasteiger partial charge in [0.15, 0.2) is 0 Å². The maximum Gasteiger partial charge on any atom is 0.330 e. The summed E-state index contributed by atoms with van der Waals surface area (Å²) < 4.78 is 10.4. The summed E-state index contributed by atoms with van der Waals surface area (Å²) in [6.07, 6.45) is 3.62. The summed E-state index contributed by atoms with van der Waals surface area (Å²) in [4.78, 5) is 22.6. The fourth-order valence-corrected chi connectivity index (χ4v) is 2.77. The van der Waals surface area contributed by atoms with E-state index >= 15 is 0 Å². The number of nitrogens with one attached hydrogen (secondary N) is 1. The summed E-state index contributed by atoms with van der Waals surface area (Å²) in [6.45, 7) is 6.16. The van der Waals surface area contributed by atoms with Crippen LogP contribution >= 0.6 is 0 Å². The average Bonchev–Trinajstić information content (AvgIpc) is 2.65. The highest BCUT2D eigenvalue weighted by molar-refractivity contribution is 5.82. The molecule has 2 rings (SSSR count). The molecule has 1 atom stereocenters. The van der Waals surface area contributed by atoms with E-state index in [0.717, 1.165) is 0 Å². The van der Waals surface area contributed by atoms with Crippen LogP contribution in [0.25, 0.3) is 0 Å². The van der Waals surface area contributed by atoms with Crippen molar-refractivity contribution in [3.63, 3.8) is 0 Å². The minimum absolute atomic E-state index is 0.0733. The number of esters is 1. The molecule has 0 aliphatic rings. The fourth-order valence-electron chi connectivity index (χ4n) is 2.77. The first kappa shape index (κ1) is 21.9. The number of hydrogen-bond acceptors (Lipinski definition) is 6. The molecule has 0 aliphatic carbocycles. The van der Waals surface area contributed by atoms with E-state index in [-0.39, 0.29) is 17.1 Å². The monoisotopic (exact) mass is 398 g/mol. The van der Waals surface area contributed by atoms with Crippen molar-refractivity contribution in [1.82, 2.24) is 0 Å². The van der Waals surface area contributed by atoms with Gasteiger partial charge in [-0.3, -0.25) is 10.1 Å². The molecule has 0 bridgehead atoms. The van der Waals surface area contributed by atoms with Crippen molar-refractivity contribution in [1.29, 1.82) is 0 Å². The van der Waals surface area contributed by atoms with Gasteiger partial charge in [-0.1, -0.05) is 45.0 Å². The van der Waals surface area contributed by atoms with Gasteiger partial charge in [0.1, 0.15) is 17.2 Å².